The first-order valence-electron chi connectivity index (χ1n) is 6.88. The third-order valence-electron chi connectivity index (χ3n) is 3.67. The van der Waals surface area contributed by atoms with Crippen molar-refractivity contribution >= 4 is 16.7 Å². The van der Waals surface area contributed by atoms with Crippen LogP contribution in [0.2, 0.25) is 0 Å². The molecule has 0 aliphatic heterocycles. The van der Waals surface area contributed by atoms with Crippen molar-refractivity contribution in [1.29, 1.82) is 0 Å². The van der Waals surface area contributed by atoms with E-state index < -0.39 is 4.92 Å². The molecule has 0 amide bonds. The highest BCUT2D eigenvalue weighted by Crippen LogP contribution is 2.23. The summed E-state index contributed by atoms with van der Waals surface area (Å²) < 4.78 is 1.61. The van der Waals surface area contributed by atoms with Crippen molar-refractivity contribution in [2.45, 2.75) is 27.3 Å². The summed E-state index contributed by atoms with van der Waals surface area (Å²) in [5.74, 6) is 0. The van der Waals surface area contributed by atoms with E-state index in [0.717, 1.165) is 22.4 Å². The molecule has 0 fully saturated rings. The molecule has 2 aromatic heterocycles. The molecule has 7 nitrogen and oxygen atoms in total. The van der Waals surface area contributed by atoms with E-state index >= 15 is 0 Å². The van der Waals surface area contributed by atoms with Crippen molar-refractivity contribution in [2.24, 2.45) is 0 Å². The van der Waals surface area contributed by atoms with Crippen LogP contribution in [0.25, 0.3) is 11.0 Å². The van der Waals surface area contributed by atoms with Crippen LogP contribution in [0.15, 0.2) is 24.3 Å². The maximum absolute atomic E-state index is 11.1. The molecule has 2 heterocycles. The van der Waals surface area contributed by atoms with Crippen molar-refractivity contribution in [3.8, 4) is 0 Å². The molecule has 0 bridgehead atoms. The number of hydrogen-bond donors (Lipinski definition) is 0. The maximum atomic E-state index is 11.1. The van der Waals surface area contributed by atoms with Gasteiger partial charge in [-0.3, -0.25) is 14.8 Å². The van der Waals surface area contributed by atoms with Crippen molar-refractivity contribution in [2.75, 3.05) is 0 Å². The van der Waals surface area contributed by atoms with Crippen molar-refractivity contribution in [3.05, 3.63) is 57.2 Å². The number of hydrogen-bond acceptors (Lipinski definition) is 5. The van der Waals surface area contributed by atoms with Crippen LogP contribution in [0.3, 0.4) is 0 Å². The van der Waals surface area contributed by atoms with Gasteiger partial charge in [0.25, 0.3) is 0 Å². The molecule has 7 heteroatoms. The average molecular weight is 297 g/mol. The van der Waals surface area contributed by atoms with Crippen LogP contribution >= 0.6 is 0 Å². The highest BCUT2D eigenvalue weighted by atomic mass is 16.6. The molecule has 0 unspecified atom stereocenters. The van der Waals surface area contributed by atoms with E-state index in [1.54, 1.807) is 18.5 Å². The van der Waals surface area contributed by atoms with E-state index in [-0.39, 0.29) is 5.69 Å². The minimum Gasteiger partial charge on any atom is -0.258 e. The van der Waals surface area contributed by atoms with E-state index in [9.17, 15) is 10.1 Å². The predicted molar refractivity (Wildman–Crippen MR) is 81.7 cm³/mol. The van der Waals surface area contributed by atoms with Gasteiger partial charge in [-0.1, -0.05) is 12.1 Å². The van der Waals surface area contributed by atoms with Crippen LogP contribution in [0.5, 0.6) is 0 Å². The fourth-order valence-corrected chi connectivity index (χ4v) is 2.52. The lowest BCUT2D eigenvalue weighted by Gasteiger charge is -2.07. The number of rotatable bonds is 3. The summed E-state index contributed by atoms with van der Waals surface area (Å²) in [4.78, 5) is 19.8. The monoisotopic (exact) mass is 297 g/mol. The summed E-state index contributed by atoms with van der Waals surface area (Å²) in [6.07, 6.45) is 0. The molecule has 3 aromatic rings. The Bertz CT molecular complexity index is 885. The average Bonchev–Trinajstić information content (AvgIpc) is 2.74. The number of aryl methyl sites for hydroxylation is 2. The number of para-hydroxylation sites is 2. The van der Waals surface area contributed by atoms with Crippen molar-refractivity contribution < 1.29 is 4.92 Å². The predicted octanol–water partition coefficient (Wildman–Crippen LogP) is 2.71. The number of aromatic nitrogens is 4. The van der Waals surface area contributed by atoms with Crippen LogP contribution in [-0.4, -0.2) is 24.7 Å². The van der Waals surface area contributed by atoms with Gasteiger partial charge in [-0.05, 0) is 32.9 Å². The van der Waals surface area contributed by atoms with Gasteiger partial charge in [-0.15, -0.1) is 0 Å². The molecule has 3 rings (SSSR count). The Labute approximate surface area is 126 Å². The second-order valence-electron chi connectivity index (χ2n) is 5.18. The zero-order chi connectivity index (χ0) is 15.9. The van der Waals surface area contributed by atoms with Gasteiger partial charge in [0.2, 0.25) is 0 Å². The quantitative estimate of drug-likeness (QED) is 0.548. The summed E-state index contributed by atoms with van der Waals surface area (Å²) >= 11 is 0. The molecule has 112 valence electrons. The second-order valence-corrected chi connectivity index (χ2v) is 5.18. The van der Waals surface area contributed by atoms with Crippen LogP contribution in [-0.2, 0) is 6.54 Å². The lowest BCUT2D eigenvalue weighted by atomic mass is 10.2. The van der Waals surface area contributed by atoms with Gasteiger partial charge < -0.3 is 0 Å². The fraction of sp³-hybridized carbons (Fsp3) is 0.267. The van der Waals surface area contributed by atoms with E-state index in [1.165, 1.54) is 0 Å². The summed E-state index contributed by atoms with van der Waals surface area (Å²) in [5.41, 5.74) is 4.20. The van der Waals surface area contributed by atoms with Gasteiger partial charge in [0.05, 0.1) is 33.9 Å². The molecule has 0 N–H and O–H groups in total. The van der Waals surface area contributed by atoms with Gasteiger partial charge in [0.15, 0.2) is 0 Å². The minimum atomic E-state index is -0.396. The number of nitro groups is 1. The first kappa shape index (κ1) is 14.1. The second kappa shape index (κ2) is 5.18. The fourth-order valence-electron chi connectivity index (χ4n) is 2.52. The number of fused-ring (bicyclic) bond motifs is 1. The van der Waals surface area contributed by atoms with Crippen LogP contribution < -0.4 is 0 Å². The van der Waals surface area contributed by atoms with Crippen LogP contribution in [0.1, 0.15) is 22.8 Å². The summed E-state index contributed by atoms with van der Waals surface area (Å²) in [7, 11) is 0. The Kier molecular flexibility index (Phi) is 3.32. The molecule has 0 spiro atoms. The Morgan fingerprint density at radius 2 is 1.73 bits per heavy atom. The maximum Gasteiger partial charge on any atom is 0.312 e. The Morgan fingerprint density at radius 1 is 1.09 bits per heavy atom. The Balaban J connectivity index is 2.05. The highest BCUT2D eigenvalue weighted by molar-refractivity contribution is 5.74. The molecule has 0 atom stereocenters. The molecular weight excluding hydrogens is 282 g/mol. The lowest BCUT2D eigenvalue weighted by molar-refractivity contribution is -0.386. The molecule has 0 radical (unpaired) electrons. The largest absolute Gasteiger partial charge is 0.312 e. The molecule has 0 saturated carbocycles. The first-order valence-corrected chi connectivity index (χ1v) is 6.88. The topological polar surface area (TPSA) is 86.7 Å². The molecule has 22 heavy (non-hydrogen) atoms. The standard InChI is InChI=1S/C15H15N5O2/c1-9-14(17-13-7-5-4-6-12(13)16-9)8-19-11(3)15(20(21)22)10(2)18-19/h4-7H,8H2,1-3H3. The van der Waals surface area contributed by atoms with Gasteiger partial charge in [0.1, 0.15) is 11.4 Å². The third kappa shape index (κ3) is 2.30. The zero-order valence-corrected chi connectivity index (χ0v) is 12.6. The molecule has 0 aliphatic carbocycles. The summed E-state index contributed by atoms with van der Waals surface area (Å²) in [5, 5.41) is 15.3. The number of benzene rings is 1. The van der Waals surface area contributed by atoms with Crippen molar-refractivity contribution in [1.82, 2.24) is 19.7 Å². The highest BCUT2D eigenvalue weighted by Gasteiger charge is 2.22. The van der Waals surface area contributed by atoms with Crippen LogP contribution in [0, 0.1) is 30.9 Å². The third-order valence-corrected chi connectivity index (χ3v) is 3.67. The SMILES string of the molecule is Cc1nc2ccccc2nc1Cn1nc(C)c([N+](=O)[O-])c1C. The van der Waals surface area contributed by atoms with Gasteiger partial charge >= 0.3 is 5.69 Å². The van der Waals surface area contributed by atoms with Gasteiger partial charge in [-0.2, -0.15) is 5.10 Å². The van der Waals surface area contributed by atoms with Gasteiger partial charge in [-0.25, -0.2) is 9.97 Å². The molecular formula is C15H15N5O2. The molecule has 0 saturated heterocycles. The summed E-state index contributed by atoms with van der Waals surface area (Å²) in [6.45, 7) is 5.58. The van der Waals surface area contributed by atoms with E-state index in [4.69, 9.17) is 0 Å². The lowest BCUT2D eigenvalue weighted by Crippen LogP contribution is -2.09. The number of nitrogens with zero attached hydrogens (tertiary/aromatic N) is 5. The van der Waals surface area contributed by atoms with Crippen LogP contribution in [0.4, 0.5) is 5.69 Å². The minimum absolute atomic E-state index is 0.0615. The molecule has 1 aromatic carbocycles. The zero-order valence-electron chi connectivity index (χ0n) is 12.6. The summed E-state index contributed by atoms with van der Waals surface area (Å²) in [6, 6.07) is 7.63. The van der Waals surface area contributed by atoms with E-state index in [0.29, 0.717) is 17.9 Å². The Hall–Kier alpha value is -2.83. The Morgan fingerprint density at radius 3 is 2.32 bits per heavy atom. The van der Waals surface area contributed by atoms with Gasteiger partial charge in [0, 0.05) is 0 Å². The smallest absolute Gasteiger partial charge is 0.258 e. The first-order chi connectivity index (χ1) is 10.5. The molecule has 0 aliphatic rings. The normalized spacial score (nSPS) is 11.0. The van der Waals surface area contributed by atoms with E-state index in [2.05, 4.69) is 15.1 Å². The van der Waals surface area contributed by atoms with Crippen molar-refractivity contribution in [3.63, 3.8) is 0 Å². The van der Waals surface area contributed by atoms with E-state index in [1.807, 2.05) is 31.2 Å².